The molecular weight excluding hydrogens is 228 g/mol. The molecule has 2 aromatic rings. The predicted octanol–water partition coefficient (Wildman–Crippen LogP) is 1.94. The monoisotopic (exact) mass is 244 g/mol. The van der Waals surface area contributed by atoms with Gasteiger partial charge in [-0.2, -0.15) is 0 Å². The lowest BCUT2D eigenvalue weighted by molar-refractivity contribution is 0.357. The SMILES string of the molecule is c1cc(CNCCc2ccc3c(c2)CCO3)on1. The molecule has 0 aliphatic carbocycles. The van der Waals surface area contributed by atoms with Crippen molar-refractivity contribution in [3.8, 4) is 5.75 Å². The molecule has 2 heterocycles. The minimum Gasteiger partial charge on any atom is -0.493 e. The van der Waals surface area contributed by atoms with E-state index in [1.54, 1.807) is 6.20 Å². The van der Waals surface area contributed by atoms with Gasteiger partial charge in [0.2, 0.25) is 0 Å². The molecular formula is C14H16N2O2. The van der Waals surface area contributed by atoms with Gasteiger partial charge in [-0.15, -0.1) is 0 Å². The Labute approximate surface area is 106 Å². The normalized spacial score (nSPS) is 13.3. The quantitative estimate of drug-likeness (QED) is 0.817. The molecule has 4 heteroatoms. The fourth-order valence-electron chi connectivity index (χ4n) is 2.17. The van der Waals surface area contributed by atoms with Crippen LogP contribution >= 0.6 is 0 Å². The largest absolute Gasteiger partial charge is 0.493 e. The molecule has 18 heavy (non-hydrogen) atoms. The molecule has 0 fully saturated rings. The summed E-state index contributed by atoms with van der Waals surface area (Å²) in [6.07, 6.45) is 3.72. The van der Waals surface area contributed by atoms with E-state index in [1.807, 2.05) is 6.07 Å². The van der Waals surface area contributed by atoms with E-state index in [-0.39, 0.29) is 0 Å². The van der Waals surface area contributed by atoms with Crippen LogP contribution in [0.15, 0.2) is 35.0 Å². The third kappa shape index (κ3) is 2.54. The number of benzene rings is 1. The molecule has 1 aromatic heterocycles. The maximum atomic E-state index is 5.49. The van der Waals surface area contributed by atoms with Crippen molar-refractivity contribution >= 4 is 0 Å². The van der Waals surface area contributed by atoms with Crippen LogP contribution < -0.4 is 10.1 Å². The molecule has 94 valence electrons. The van der Waals surface area contributed by atoms with Crippen LogP contribution in [0.2, 0.25) is 0 Å². The highest BCUT2D eigenvalue weighted by Crippen LogP contribution is 2.25. The van der Waals surface area contributed by atoms with Crippen LogP contribution in [-0.4, -0.2) is 18.3 Å². The van der Waals surface area contributed by atoms with Crippen LogP contribution in [0.1, 0.15) is 16.9 Å². The van der Waals surface area contributed by atoms with Gasteiger partial charge < -0.3 is 14.6 Å². The second-order valence-electron chi connectivity index (χ2n) is 4.45. The van der Waals surface area contributed by atoms with Crippen LogP contribution in [0.3, 0.4) is 0 Å². The lowest BCUT2D eigenvalue weighted by atomic mass is 10.1. The molecule has 1 aliphatic rings. The highest BCUT2D eigenvalue weighted by atomic mass is 16.5. The first-order valence-electron chi connectivity index (χ1n) is 6.27. The van der Waals surface area contributed by atoms with Crippen molar-refractivity contribution in [3.05, 3.63) is 47.3 Å². The number of rotatable bonds is 5. The first kappa shape index (κ1) is 11.3. The average molecular weight is 244 g/mol. The highest BCUT2D eigenvalue weighted by Gasteiger charge is 2.11. The first-order valence-corrected chi connectivity index (χ1v) is 6.27. The smallest absolute Gasteiger partial charge is 0.150 e. The third-order valence-electron chi connectivity index (χ3n) is 3.13. The van der Waals surface area contributed by atoms with E-state index in [0.29, 0.717) is 0 Å². The maximum Gasteiger partial charge on any atom is 0.150 e. The minimum absolute atomic E-state index is 0.730. The highest BCUT2D eigenvalue weighted by molar-refractivity contribution is 5.39. The van der Waals surface area contributed by atoms with E-state index in [1.165, 1.54) is 11.1 Å². The van der Waals surface area contributed by atoms with Gasteiger partial charge in [-0.1, -0.05) is 17.3 Å². The number of aromatic nitrogens is 1. The Hall–Kier alpha value is -1.81. The molecule has 0 radical (unpaired) electrons. The zero-order valence-corrected chi connectivity index (χ0v) is 10.2. The van der Waals surface area contributed by atoms with Gasteiger partial charge in [0.15, 0.2) is 0 Å². The molecule has 1 N–H and O–H groups in total. The van der Waals surface area contributed by atoms with Crippen molar-refractivity contribution in [2.24, 2.45) is 0 Å². The summed E-state index contributed by atoms with van der Waals surface area (Å²) in [5.41, 5.74) is 2.69. The van der Waals surface area contributed by atoms with E-state index in [0.717, 1.165) is 44.0 Å². The zero-order chi connectivity index (χ0) is 12.2. The van der Waals surface area contributed by atoms with Crippen molar-refractivity contribution in [2.75, 3.05) is 13.2 Å². The minimum atomic E-state index is 0.730. The molecule has 0 saturated carbocycles. The van der Waals surface area contributed by atoms with E-state index in [4.69, 9.17) is 9.26 Å². The predicted molar refractivity (Wildman–Crippen MR) is 67.6 cm³/mol. The van der Waals surface area contributed by atoms with Crippen molar-refractivity contribution < 1.29 is 9.26 Å². The molecule has 4 nitrogen and oxygen atoms in total. The van der Waals surface area contributed by atoms with Gasteiger partial charge in [-0.25, -0.2) is 0 Å². The van der Waals surface area contributed by atoms with Gasteiger partial charge in [0.25, 0.3) is 0 Å². The van der Waals surface area contributed by atoms with Crippen LogP contribution in [-0.2, 0) is 19.4 Å². The standard InChI is InChI=1S/C14H16N2O2/c1-2-14-12(5-8-17-14)9-11(1)3-6-15-10-13-4-7-16-18-13/h1-2,4,7,9,15H,3,5-6,8,10H2. The van der Waals surface area contributed by atoms with Crippen LogP contribution in [0.5, 0.6) is 5.75 Å². The summed E-state index contributed by atoms with van der Waals surface area (Å²) in [6.45, 7) is 2.48. The van der Waals surface area contributed by atoms with Crippen molar-refractivity contribution in [3.63, 3.8) is 0 Å². The first-order chi connectivity index (χ1) is 8.92. The number of nitrogens with zero attached hydrogens (tertiary/aromatic N) is 1. The van der Waals surface area contributed by atoms with E-state index < -0.39 is 0 Å². The van der Waals surface area contributed by atoms with Gasteiger partial charge >= 0.3 is 0 Å². The number of hydrogen-bond acceptors (Lipinski definition) is 4. The Kier molecular flexibility index (Phi) is 3.28. The Balaban J connectivity index is 1.48. The molecule has 0 amide bonds. The summed E-state index contributed by atoms with van der Waals surface area (Å²) in [5.74, 6) is 1.92. The van der Waals surface area contributed by atoms with Crippen molar-refractivity contribution in [2.45, 2.75) is 19.4 Å². The second kappa shape index (κ2) is 5.23. The number of fused-ring (bicyclic) bond motifs is 1. The van der Waals surface area contributed by atoms with Gasteiger partial charge in [-0.05, 0) is 30.2 Å². The lowest BCUT2D eigenvalue weighted by Gasteiger charge is -2.05. The summed E-state index contributed by atoms with van der Waals surface area (Å²) < 4.78 is 10.5. The summed E-state index contributed by atoms with van der Waals surface area (Å²) in [5, 5.41) is 7.01. The van der Waals surface area contributed by atoms with E-state index >= 15 is 0 Å². The van der Waals surface area contributed by atoms with E-state index in [9.17, 15) is 0 Å². The van der Waals surface area contributed by atoms with E-state index in [2.05, 4.69) is 28.7 Å². The van der Waals surface area contributed by atoms with Crippen molar-refractivity contribution in [1.82, 2.24) is 10.5 Å². The Morgan fingerprint density at radius 3 is 3.17 bits per heavy atom. The van der Waals surface area contributed by atoms with Gasteiger partial charge in [-0.3, -0.25) is 0 Å². The third-order valence-corrected chi connectivity index (χ3v) is 3.13. The number of nitrogens with one attached hydrogen (secondary N) is 1. The topological polar surface area (TPSA) is 47.3 Å². The second-order valence-corrected chi connectivity index (χ2v) is 4.45. The fourth-order valence-corrected chi connectivity index (χ4v) is 2.17. The van der Waals surface area contributed by atoms with Crippen LogP contribution in [0.25, 0.3) is 0 Å². The molecule has 0 unspecified atom stereocenters. The molecule has 0 bridgehead atoms. The van der Waals surface area contributed by atoms with Gasteiger partial charge in [0, 0.05) is 12.5 Å². The molecule has 3 rings (SSSR count). The number of hydrogen-bond donors (Lipinski definition) is 1. The maximum absolute atomic E-state index is 5.49. The number of ether oxygens (including phenoxy) is 1. The van der Waals surface area contributed by atoms with Crippen LogP contribution in [0.4, 0.5) is 0 Å². The molecule has 0 saturated heterocycles. The summed E-state index contributed by atoms with van der Waals surface area (Å²) in [4.78, 5) is 0. The summed E-state index contributed by atoms with van der Waals surface area (Å²) in [7, 11) is 0. The fraction of sp³-hybridized carbons (Fsp3) is 0.357. The lowest BCUT2D eigenvalue weighted by Crippen LogP contribution is -2.16. The summed E-state index contributed by atoms with van der Waals surface area (Å²) in [6, 6.07) is 8.34. The summed E-state index contributed by atoms with van der Waals surface area (Å²) >= 11 is 0. The Morgan fingerprint density at radius 2 is 2.28 bits per heavy atom. The zero-order valence-electron chi connectivity index (χ0n) is 10.2. The van der Waals surface area contributed by atoms with Gasteiger partial charge in [0.1, 0.15) is 11.5 Å². The molecule has 1 aliphatic heterocycles. The van der Waals surface area contributed by atoms with Crippen LogP contribution in [0, 0.1) is 0 Å². The van der Waals surface area contributed by atoms with Gasteiger partial charge in [0.05, 0.1) is 19.3 Å². The Bertz CT molecular complexity index is 509. The Morgan fingerprint density at radius 1 is 1.28 bits per heavy atom. The molecule has 0 atom stereocenters. The molecule has 0 spiro atoms. The molecule has 1 aromatic carbocycles. The van der Waals surface area contributed by atoms with Crippen molar-refractivity contribution in [1.29, 1.82) is 0 Å². The average Bonchev–Trinajstić information content (AvgIpc) is 3.05.